The molecule has 0 amide bonds. The van der Waals surface area contributed by atoms with Gasteiger partial charge in [0.2, 0.25) is 0 Å². The van der Waals surface area contributed by atoms with Crippen molar-refractivity contribution in [1.82, 2.24) is 19.9 Å². The van der Waals surface area contributed by atoms with Crippen LogP contribution in [0.5, 0.6) is 0 Å². The topological polar surface area (TPSA) is 90.3 Å². The standard InChI is InChI=1S/C14H12N6/c1-8-17-11-4-3-9(5-12(11)18-8)14-19-10(7-15)6-13(16-2)20-14/h3-6H,1-2H3,(H,17,18)(H,16,19,20). The molecular weight excluding hydrogens is 252 g/mol. The van der Waals surface area contributed by atoms with Crippen LogP contribution in [0, 0.1) is 18.3 Å². The highest BCUT2D eigenvalue weighted by atomic mass is 15.0. The Morgan fingerprint density at radius 3 is 2.80 bits per heavy atom. The van der Waals surface area contributed by atoms with Gasteiger partial charge in [-0.15, -0.1) is 0 Å². The third-order valence-corrected chi connectivity index (χ3v) is 2.96. The van der Waals surface area contributed by atoms with Crippen LogP contribution in [0.2, 0.25) is 0 Å². The fourth-order valence-electron chi connectivity index (χ4n) is 2.04. The number of fused-ring (bicyclic) bond motifs is 1. The fraction of sp³-hybridized carbons (Fsp3) is 0.143. The third kappa shape index (κ3) is 2.06. The fourth-order valence-corrected chi connectivity index (χ4v) is 2.04. The summed E-state index contributed by atoms with van der Waals surface area (Å²) in [6.45, 7) is 1.91. The molecule has 3 aromatic rings. The molecule has 0 unspecified atom stereocenters. The summed E-state index contributed by atoms with van der Waals surface area (Å²) in [7, 11) is 1.76. The molecule has 0 bridgehead atoms. The molecule has 0 fully saturated rings. The number of aromatic amines is 1. The maximum atomic E-state index is 9.02. The molecule has 6 heteroatoms. The molecule has 1 aromatic carbocycles. The van der Waals surface area contributed by atoms with E-state index in [4.69, 9.17) is 5.26 Å². The zero-order valence-electron chi connectivity index (χ0n) is 11.1. The second kappa shape index (κ2) is 4.63. The summed E-state index contributed by atoms with van der Waals surface area (Å²) in [5.74, 6) is 2.00. The zero-order valence-corrected chi connectivity index (χ0v) is 11.1. The lowest BCUT2D eigenvalue weighted by Gasteiger charge is -2.04. The quantitative estimate of drug-likeness (QED) is 0.740. The number of nitriles is 1. The SMILES string of the molecule is CNc1cc(C#N)nc(-c2ccc3nc(C)[nH]c3c2)n1. The lowest BCUT2D eigenvalue weighted by atomic mass is 10.2. The monoisotopic (exact) mass is 264 g/mol. The number of imidazole rings is 1. The first-order valence-electron chi connectivity index (χ1n) is 6.13. The number of hydrogen-bond donors (Lipinski definition) is 2. The molecule has 6 nitrogen and oxygen atoms in total. The van der Waals surface area contributed by atoms with Crippen molar-refractivity contribution in [2.75, 3.05) is 12.4 Å². The average molecular weight is 264 g/mol. The normalized spacial score (nSPS) is 10.4. The molecule has 2 heterocycles. The van der Waals surface area contributed by atoms with Gasteiger partial charge in [0.15, 0.2) is 5.82 Å². The summed E-state index contributed by atoms with van der Waals surface area (Å²) in [6.07, 6.45) is 0. The summed E-state index contributed by atoms with van der Waals surface area (Å²) < 4.78 is 0. The number of nitrogens with one attached hydrogen (secondary N) is 2. The minimum absolute atomic E-state index is 0.334. The lowest BCUT2D eigenvalue weighted by Crippen LogP contribution is -1.98. The molecule has 0 spiro atoms. The highest BCUT2D eigenvalue weighted by Gasteiger charge is 2.08. The Morgan fingerprint density at radius 2 is 2.05 bits per heavy atom. The molecule has 0 aliphatic carbocycles. The first kappa shape index (κ1) is 12.1. The van der Waals surface area contributed by atoms with E-state index in [0.717, 1.165) is 22.4 Å². The van der Waals surface area contributed by atoms with Crippen molar-refractivity contribution >= 4 is 16.9 Å². The molecule has 3 rings (SSSR count). The van der Waals surface area contributed by atoms with E-state index < -0.39 is 0 Å². The van der Waals surface area contributed by atoms with Gasteiger partial charge in [-0.2, -0.15) is 5.26 Å². The van der Waals surface area contributed by atoms with Crippen LogP contribution in [0.15, 0.2) is 24.3 Å². The van der Waals surface area contributed by atoms with E-state index in [-0.39, 0.29) is 0 Å². The number of anilines is 1. The highest BCUT2D eigenvalue weighted by molar-refractivity contribution is 5.80. The van der Waals surface area contributed by atoms with Gasteiger partial charge in [0.25, 0.3) is 0 Å². The maximum absolute atomic E-state index is 9.02. The molecule has 0 atom stereocenters. The Kier molecular flexibility index (Phi) is 2.80. The van der Waals surface area contributed by atoms with Crippen LogP contribution in [0.3, 0.4) is 0 Å². The molecule has 2 aromatic heterocycles. The summed E-state index contributed by atoms with van der Waals surface area (Å²) in [4.78, 5) is 16.1. The van der Waals surface area contributed by atoms with Crippen LogP contribution in [0.25, 0.3) is 22.4 Å². The van der Waals surface area contributed by atoms with Crippen molar-refractivity contribution in [2.45, 2.75) is 6.92 Å². The Labute approximate surface area is 115 Å². The first-order valence-corrected chi connectivity index (χ1v) is 6.13. The van der Waals surface area contributed by atoms with Gasteiger partial charge < -0.3 is 10.3 Å². The van der Waals surface area contributed by atoms with Gasteiger partial charge in [0.05, 0.1) is 11.0 Å². The Morgan fingerprint density at radius 1 is 1.20 bits per heavy atom. The molecule has 0 radical (unpaired) electrons. The second-order valence-electron chi connectivity index (χ2n) is 4.38. The summed E-state index contributed by atoms with van der Waals surface area (Å²) in [5.41, 5.74) is 3.00. The zero-order chi connectivity index (χ0) is 14.1. The van der Waals surface area contributed by atoms with Crippen molar-refractivity contribution in [1.29, 1.82) is 5.26 Å². The predicted molar refractivity (Wildman–Crippen MR) is 76.1 cm³/mol. The van der Waals surface area contributed by atoms with Gasteiger partial charge in [-0.3, -0.25) is 0 Å². The Balaban J connectivity index is 2.16. The number of aryl methyl sites for hydroxylation is 1. The predicted octanol–water partition coefficient (Wildman–Crippen LogP) is 2.24. The minimum atomic E-state index is 0.334. The molecule has 0 saturated carbocycles. The van der Waals surface area contributed by atoms with Crippen molar-refractivity contribution in [3.8, 4) is 17.5 Å². The summed E-state index contributed by atoms with van der Waals surface area (Å²) in [6, 6.07) is 9.40. The molecule has 2 N–H and O–H groups in total. The Hall–Kier alpha value is -2.94. The number of aromatic nitrogens is 4. The van der Waals surface area contributed by atoms with E-state index >= 15 is 0 Å². The molecule has 0 saturated heterocycles. The third-order valence-electron chi connectivity index (χ3n) is 2.96. The van der Waals surface area contributed by atoms with Crippen LogP contribution < -0.4 is 5.32 Å². The highest BCUT2D eigenvalue weighted by Crippen LogP contribution is 2.22. The summed E-state index contributed by atoms with van der Waals surface area (Å²) >= 11 is 0. The molecule has 20 heavy (non-hydrogen) atoms. The summed E-state index contributed by atoms with van der Waals surface area (Å²) in [5, 5.41) is 12.0. The molecule has 0 aliphatic rings. The number of benzene rings is 1. The van der Waals surface area contributed by atoms with Crippen LogP contribution in [-0.4, -0.2) is 27.0 Å². The Bertz CT molecular complexity index is 827. The van der Waals surface area contributed by atoms with Gasteiger partial charge >= 0.3 is 0 Å². The van der Waals surface area contributed by atoms with Crippen LogP contribution in [0.4, 0.5) is 5.82 Å². The average Bonchev–Trinajstić information content (AvgIpc) is 2.85. The van der Waals surface area contributed by atoms with Gasteiger partial charge in [-0.25, -0.2) is 15.0 Å². The van der Waals surface area contributed by atoms with Gasteiger partial charge in [-0.1, -0.05) is 0 Å². The second-order valence-corrected chi connectivity index (χ2v) is 4.38. The first-order chi connectivity index (χ1) is 9.69. The van der Waals surface area contributed by atoms with Crippen molar-refractivity contribution in [3.05, 3.63) is 35.8 Å². The van der Waals surface area contributed by atoms with E-state index in [1.54, 1.807) is 13.1 Å². The van der Waals surface area contributed by atoms with Crippen LogP contribution in [-0.2, 0) is 0 Å². The van der Waals surface area contributed by atoms with E-state index in [1.807, 2.05) is 31.2 Å². The van der Waals surface area contributed by atoms with E-state index in [9.17, 15) is 0 Å². The van der Waals surface area contributed by atoms with Crippen molar-refractivity contribution < 1.29 is 0 Å². The van der Waals surface area contributed by atoms with Crippen LogP contribution in [0.1, 0.15) is 11.5 Å². The molecular formula is C14H12N6. The van der Waals surface area contributed by atoms with E-state index in [1.165, 1.54) is 0 Å². The number of hydrogen-bond acceptors (Lipinski definition) is 5. The van der Waals surface area contributed by atoms with Crippen molar-refractivity contribution in [3.63, 3.8) is 0 Å². The van der Waals surface area contributed by atoms with Crippen molar-refractivity contribution in [2.24, 2.45) is 0 Å². The van der Waals surface area contributed by atoms with Gasteiger partial charge in [0, 0.05) is 18.7 Å². The molecule has 98 valence electrons. The van der Waals surface area contributed by atoms with E-state index in [2.05, 4.69) is 25.3 Å². The number of H-pyrrole nitrogens is 1. The molecule has 0 aliphatic heterocycles. The van der Waals surface area contributed by atoms with E-state index in [0.29, 0.717) is 17.3 Å². The minimum Gasteiger partial charge on any atom is -0.373 e. The van der Waals surface area contributed by atoms with Crippen LogP contribution >= 0.6 is 0 Å². The maximum Gasteiger partial charge on any atom is 0.163 e. The smallest absolute Gasteiger partial charge is 0.163 e. The largest absolute Gasteiger partial charge is 0.373 e. The lowest BCUT2D eigenvalue weighted by molar-refractivity contribution is 1.14. The van der Waals surface area contributed by atoms with Gasteiger partial charge in [0.1, 0.15) is 23.4 Å². The number of nitrogens with zero attached hydrogens (tertiary/aromatic N) is 4. The number of rotatable bonds is 2. The van der Waals surface area contributed by atoms with Gasteiger partial charge in [-0.05, 0) is 25.1 Å².